The van der Waals surface area contributed by atoms with Gasteiger partial charge in [-0.25, -0.2) is 0 Å². The molecule has 1 unspecified atom stereocenters. The predicted octanol–water partition coefficient (Wildman–Crippen LogP) is -0.0170. The number of carbonyl (C=O) groups excluding carboxylic acids is 3. The number of nitrogens with zero attached hydrogens (tertiary/aromatic N) is 2. The maximum Gasteiger partial charge on any atom is 0.262 e. The Hall–Kier alpha value is -2.61. The van der Waals surface area contributed by atoms with Crippen molar-refractivity contribution in [2.45, 2.75) is 26.0 Å². The average molecular weight is 362 g/mol. The maximum atomic E-state index is 12.8. The molecule has 3 amide bonds. The number of nitrogens with one attached hydrogen (secondary N) is 2. The zero-order valence-corrected chi connectivity index (χ0v) is 15.6. The molecule has 0 aromatic heterocycles. The van der Waals surface area contributed by atoms with E-state index in [1.807, 2.05) is 19.9 Å². The fraction of sp³-hybridized carbons (Fsp3) is 0.500. The van der Waals surface area contributed by atoms with Gasteiger partial charge < -0.3 is 20.3 Å². The van der Waals surface area contributed by atoms with Gasteiger partial charge in [-0.15, -0.1) is 0 Å². The standard InChI is InChI=1S/C18H26N4O4/c1-12(2)20-16(23)10-21(4)11-17(24)22-9-15(18(25)19-3)26-14-8-6-5-7-13(14)22/h5-8,12,15H,9-11H2,1-4H3,(H,19,25)(H,20,23). The van der Waals surface area contributed by atoms with Crippen LogP contribution in [0.5, 0.6) is 5.75 Å². The third-order valence-corrected chi connectivity index (χ3v) is 3.88. The second kappa shape index (κ2) is 8.66. The first kappa shape index (κ1) is 19.7. The van der Waals surface area contributed by atoms with Crippen molar-refractivity contribution < 1.29 is 19.1 Å². The number of hydrogen-bond acceptors (Lipinski definition) is 5. The number of anilines is 1. The second-order valence-electron chi connectivity index (χ2n) is 6.59. The maximum absolute atomic E-state index is 12.8. The summed E-state index contributed by atoms with van der Waals surface area (Å²) >= 11 is 0. The van der Waals surface area contributed by atoms with Crippen LogP contribution in [0.25, 0.3) is 0 Å². The molecule has 142 valence electrons. The van der Waals surface area contributed by atoms with E-state index in [2.05, 4.69) is 10.6 Å². The highest BCUT2D eigenvalue weighted by Crippen LogP contribution is 2.33. The molecule has 2 rings (SSSR count). The normalized spacial score (nSPS) is 16.1. The Morgan fingerprint density at radius 3 is 2.62 bits per heavy atom. The van der Waals surface area contributed by atoms with Crippen molar-refractivity contribution in [2.75, 3.05) is 38.6 Å². The summed E-state index contributed by atoms with van der Waals surface area (Å²) < 4.78 is 5.69. The number of hydrogen-bond donors (Lipinski definition) is 2. The molecule has 0 radical (unpaired) electrons. The van der Waals surface area contributed by atoms with E-state index in [1.54, 1.807) is 30.1 Å². The molecular formula is C18H26N4O4. The molecule has 0 saturated heterocycles. The highest BCUT2D eigenvalue weighted by molar-refractivity contribution is 5.98. The summed E-state index contributed by atoms with van der Waals surface area (Å²) in [7, 11) is 3.24. The fourth-order valence-electron chi connectivity index (χ4n) is 2.75. The molecule has 1 aromatic carbocycles. The number of fused-ring (bicyclic) bond motifs is 1. The summed E-state index contributed by atoms with van der Waals surface area (Å²) in [5.41, 5.74) is 0.623. The van der Waals surface area contributed by atoms with Gasteiger partial charge in [-0.3, -0.25) is 19.3 Å². The van der Waals surface area contributed by atoms with Gasteiger partial charge in [-0.2, -0.15) is 0 Å². The van der Waals surface area contributed by atoms with Gasteiger partial charge in [0.2, 0.25) is 11.8 Å². The molecule has 0 fully saturated rings. The topological polar surface area (TPSA) is 91.0 Å². The number of ether oxygens (including phenoxy) is 1. The van der Waals surface area contributed by atoms with Gasteiger partial charge in [-0.05, 0) is 33.0 Å². The predicted molar refractivity (Wildman–Crippen MR) is 98.1 cm³/mol. The Kier molecular flexibility index (Phi) is 6.57. The van der Waals surface area contributed by atoms with E-state index < -0.39 is 6.10 Å². The third kappa shape index (κ3) is 4.95. The fourth-order valence-corrected chi connectivity index (χ4v) is 2.75. The molecule has 1 aliphatic rings. The number of amides is 3. The van der Waals surface area contributed by atoms with E-state index in [-0.39, 0.29) is 43.4 Å². The van der Waals surface area contributed by atoms with Crippen LogP contribution in [0.1, 0.15) is 13.8 Å². The van der Waals surface area contributed by atoms with Crippen LogP contribution >= 0.6 is 0 Å². The molecule has 0 aliphatic carbocycles. The molecule has 8 nitrogen and oxygen atoms in total. The summed E-state index contributed by atoms with van der Waals surface area (Å²) in [5.74, 6) is -0.140. The van der Waals surface area contributed by atoms with Gasteiger partial charge in [0.25, 0.3) is 5.91 Å². The van der Waals surface area contributed by atoms with Crippen molar-refractivity contribution in [3.63, 3.8) is 0 Å². The number of likely N-dealkylation sites (N-methyl/N-ethyl adjacent to an activating group) is 2. The first-order chi connectivity index (χ1) is 12.3. The van der Waals surface area contributed by atoms with Crippen LogP contribution in [-0.2, 0) is 14.4 Å². The summed E-state index contributed by atoms with van der Waals surface area (Å²) in [5, 5.41) is 5.34. The highest BCUT2D eigenvalue weighted by atomic mass is 16.5. The van der Waals surface area contributed by atoms with E-state index in [9.17, 15) is 14.4 Å². The summed E-state index contributed by atoms with van der Waals surface area (Å²) in [6, 6.07) is 7.15. The van der Waals surface area contributed by atoms with E-state index in [4.69, 9.17) is 4.74 Å². The SMILES string of the molecule is CNC(=O)C1CN(C(=O)CN(C)CC(=O)NC(C)C)c2ccccc2O1. The quantitative estimate of drug-likeness (QED) is 0.742. The van der Waals surface area contributed by atoms with Crippen molar-refractivity contribution in [3.8, 4) is 5.75 Å². The lowest BCUT2D eigenvalue weighted by molar-refractivity contribution is -0.128. The lowest BCUT2D eigenvalue weighted by atomic mass is 10.1. The minimum absolute atomic E-state index is 0.0473. The molecule has 1 atom stereocenters. The number of benzene rings is 1. The monoisotopic (exact) mass is 362 g/mol. The third-order valence-electron chi connectivity index (χ3n) is 3.88. The smallest absolute Gasteiger partial charge is 0.262 e. The van der Waals surface area contributed by atoms with Crippen LogP contribution < -0.4 is 20.3 Å². The van der Waals surface area contributed by atoms with Crippen LogP contribution in [0.15, 0.2) is 24.3 Å². The Bertz CT molecular complexity index is 677. The molecule has 0 saturated carbocycles. The minimum Gasteiger partial charge on any atom is -0.477 e. The molecule has 2 N–H and O–H groups in total. The van der Waals surface area contributed by atoms with Crippen LogP contribution in [0.3, 0.4) is 0 Å². The largest absolute Gasteiger partial charge is 0.477 e. The minimum atomic E-state index is -0.770. The van der Waals surface area contributed by atoms with E-state index in [1.165, 1.54) is 11.9 Å². The lowest BCUT2D eigenvalue weighted by Gasteiger charge is -2.34. The van der Waals surface area contributed by atoms with E-state index in [0.717, 1.165) is 0 Å². The zero-order valence-electron chi connectivity index (χ0n) is 15.6. The average Bonchev–Trinajstić information content (AvgIpc) is 2.58. The van der Waals surface area contributed by atoms with Crippen LogP contribution in [0.4, 0.5) is 5.69 Å². The van der Waals surface area contributed by atoms with E-state index >= 15 is 0 Å². The molecule has 1 aliphatic heterocycles. The van der Waals surface area contributed by atoms with Crippen molar-refractivity contribution in [1.82, 2.24) is 15.5 Å². The Balaban J connectivity index is 2.09. The van der Waals surface area contributed by atoms with Gasteiger partial charge in [0, 0.05) is 13.1 Å². The molecular weight excluding hydrogens is 336 g/mol. The summed E-state index contributed by atoms with van der Waals surface area (Å²) in [4.78, 5) is 39.8. The molecule has 1 heterocycles. The Labute approximate surface area is 153 Å². The van der Waals surface area contributed by atoms with Crippen molar-refractivity contribution >= 4 is 23.4 Å². The second-order valence-corrected chi connectivity index (χ2v) is 6.59. The van der Waals surface area contributed by atoms with Gasteiger partial charge in [0.05, 0.1) is 25.3 Å². The molecule has 8 heteroatoms. The van der Waals surface area contributed by atoms with Gasteiger partial charge in [0.15, 0.2) is 6.10 Å². The van der Waals surface area contributed by atoms with Gasteiger partial charge in [-0.1, -0.05) is 12.1 Å². The number of para-hydroxylation sites is 2. The van der Waals surface area contributed by atoms with Crippen molar-refractivity contribution in [3.05, 3.63) is 24.3 Å². The first-order valence-corrected chi connectivity index (χ1v) is 8.57. The highest BCUT2D eigenvalue weighted by Gasteiger charge is 2.33. The number of rotatable bonds is 6. The number of carbonyl (C=O) groups is 3. The summed E-state index contributed by atoms with van der Waals surface area (Å²) in [6.45, 7) is 4.07. The molecule has 1 aromatic rings. The molecule has 0 bridgehead atoms. The molecule has 26 heavy (non-hydrogen) atoms. The first-order valence-electron chi connectivity index (χ1n) is 8.57. The van der Waals surface area contributed by atoms with Crippen molar-refractivity contribution in [2.24, 2.45) is 0 Å². The van der Waals surface area contributed by atoms with E-state index in [0.29, 0.717) is 11.4 Å². The van der Waals surface area contributed by atoms with Crippen LogP contribution in [-0.4, -0.2) is 68.5 Å². The van der Waals surface area contributed by atoms with Gasteiger partial charge >= 0.3 is 0 Å². The molecule has 0 spiro atoms. The van der Waals surface area contributed by atoms with Crippen molar-refractivity contribution in [1.29, 1.82) is 0 Å². The van der Waals surface area contributed by atoms with Crippen LogP contribution in [0, 0.1) is 0 Å². The Morgan fingerprint density at radius 1 is 1.27 bits per heavy atom. The van der Waals surface area contributed by atoms with Crippen LogP contribution in [0.2, 0.25) is 0 Å². The lowest BCUT2D eigenvalue weighted by Crippen LogP contribution is -2.52. The zero-order chi connectivity index (χ0) is 19.3. The van der Waals surface area contributed by atoms with Gasteiger partial charge in [0.1, 0.15) is 5.75 Å². The summed E-state index contributed by atoms with van der Waals surface area (Å²) in [6.07, 6.45) is -0.770. The Morgan fingerprint density at radius 2 is 1.96 bits per heavy atom.